The van der Waals surface area contributed by atoms with Gasteiger partial charge in [0.2, 0.25) is 5.91 Å². The van der Waals surface area contributed by atoms with Crippen LogP contribution in [0, 0.1) is 0 Å². The van der Waals surface area contributed by atoms with Crippen molar-refractivity contribution in [2.75, 3.05) is 26.4 Å². The van der Waals surface area contributed by atoms with Gasteiger partial charge >= 0.3 is 19.8 Å². The molecule has 2 N–H and O–H groups in total. The number of unbranched alkanes of at least 4 members (excludes halogenated alkanes) is 37. The zero-order valence-electron chi connectivity index (χ0n) is 44.8. The van der Waals surface area contributed by atoms with E-state index >= 15 is 0 Å². The first-order valence-corrected chi connectivity index (χ1v) is 30.6. The molecule has 0 bridgehead atoms. The summed E-state index contributed by atoms with van der Waals surface area (Å²) >= 11 is 0. The van der Waals surface area contributed by atoms with Gasteiger partial charge in [-0.15, -0.1) is 0 Å². The number of carbonyl (C=O) groups excluding carboxylic acids is 3. The summed E-state index contributed by atoms with van der Waals surface area (Å²) in [5.74, 6) is -0.970. The van der Waals surface area contributed by atoms with Crippen LogP contribution in [0.3, 0.4) is 0 Å². The average Bonchev–Trinajstić information content (AvgIpc) is 3.32. The smallest absolute Gasteiger partial charge is 0.462 e. The predicted molar refractivity (Wildman–Crippen MR) is 285 cm³/mol. The Morgan fingerprint density at radius 2 is 0.779 bits per heavy atom. The van der Waals surface area contributed by atoms with Gasteiger partial charge in [0, 0.05) is 25.8 Å². The highest BCUT2D eigenvalue weighted by Gasteiger charge is 2.26. The number of esters is 2. The minimum atomic E-state index is -4.54. The van der Waals surface area contributed by atoms with E-state index in [1.54, 1.807) is 0 Å². The third-order valence-corrected chi connectivity index (χ3v) is 13.9. The van der Waals surface area contributed by atoms with Gasteiger partial charge in [-0.25, -0.2) is 4.57 Å². The number of phosphoric ester groups is 1. The number of allylic oxidation sites excluding steroid dienone is 2. The third kappa shape index (κ3) is 52.1. The van der Waals surface area contributed by atoms with Crippen molar-refractivity contribution in [1.82, 2.24) is 5.32 Å². The molecule has 1 amide bonds. The molecule has 0 aliphatic rings. The number of nitrogens with one attached hydrogen (secondary N) is 1. The van der Waals surface area contributed by atoms with Crippen molar-refractivity contribution in [3.63, 3.8) is 0 Å². The molecule has 0 heterocycles. The predicted octanol–water partition coefficient (Wildman–Crippen LogP) is 17.5. The Morgan fingerprint density at radius 1 is 0.441 bits per heavy atom. The Morgan fingerprint density at radius 3 is 1.18 bits per heavy atom. The van der Waals surface area contributed by atoms with Crippen LogP contribution in [0.15, 0.2) is 12.2 Å². The summed E-state index contributed by atoms with van der Waals surface area (Å²) in [6, 6.07) is 0. The quantitative estimate of drug-likeness (QED) is 0.0264. The topological polar surface area (TPSA) is 137 Å². The number of amides is 1. The average molecular weight is 984 g/mol. The van der Waals surface area contributed by atoms with Crippen LogP contribution in [0.5, 0.6) is 0 Å². The van der Waals surface area contributed by atoms with Crippen molar-refractivity contribution >= 4 is 25.7 Å². The molecular formula is C57H110NO9P. The Labute approximate surface area is 419 Å². The van der Waals surface area contributed by atoms with Crippen LogP contribution in [0.25, 0.3) is 0 Å². The number of phosphoric acid groups is 1. The van der Waals surface area contributed by atoms with Crippen molar-refractivity contribution < 1.29 is 42.4 Å². The minimum Gasteiger partial charge on any atom is -0.462 e. The summed E-state index contributed by atoms with van der Waals surface area (Å²) < 4.78 is 34.1. The van der Waals surface area contributed by atoms with E-state index in [1.807, 2.05) is 0 Å². The second-order valence-electron chi connectivity index (χ2n) is 19.8. The molecule has 11 heteroatoms. The summed E-state index contributed by atoms with van der Waals surface area (Å²) in [7, 11) is -4.54. The zero-order valence-corrected chi connectivity index (χ0v) is 45.7. The van der Waals surface area contributed by atoms with Gasteiger partial charge in [0.25, 0.3) is 0 Å². The van der Waals surface area contributed by atoms with Gasteiger partial charge in [-0.3, -0.25) is 23.4 Å². The first kappa shape index (κ1) is 66.3. The first-order valence-electron chi connectivity index (χ1n) is 29.1. The van der Waals surface area contributed by atoms with Gasteiger partial charge in [0.15, 0.2) is 6.10 Å². The van der Waals surface area contributed by atoms with E-state index in [0.717, 1.165) is 70.6 Å². The van der Waals surface area contributed by atoms with Gasteiger partial charge in [-0.05, 0) is 44.9 Å². The van der Waals surface area contributed by atoms with E-state index in [-0.39, 0.29) is 38.5 Å². The molecule has 0 saturated carbocycles. The maximum atomic E-state index is 12.8. The highest BCUT2D eigenvalue weighted by atomic mass is 31.2. The van der Waals surface area contributed by atoms with Crippen LogP contribution in [-0.2, 0) is 37.5 Å². The fourth-order valence-corrected chi connectivity index (χ4v) is 9.31. The van der Waals surface area contributed by atoms with Crippen molar-refractivity contribution in [2.45, 2.75) is 309 Å². The van der Waals surface area contributed by atoms with Gasteiger partial charge in [0.05, 0.1) is 13.2 Å². The van der Waals surface area contributed by atoms with E-state index in [4.69, 9.17) is 18.5 Å². The van der Waals surface area contributed by atoms with Crippen LogP contribution < -0.4 is 5.32 Å². The Hall–Kier alpha value is -1.74. The molecular weight excluding hydrogens is 874 g/mol. The molecule has 402 valence electrons. The molecule has 0 aromatic carbocycles. The summed E-state index contributed by atoms with van der Waals surface area (Å²) in [4.78, 5) is 48.2. The van der Waals surface area contributed by atoms with Crippen molar-refractivity contribution in [3.8, 4) is 0 Å². The lowest BCUT2D eigenvalue weighted by Crippen LogP contribution is -2.30. The maximum absolute atomic E-state index is 12.8. The Kier molecular flexibility index (Phi) is 51.7. The molecule has 0 aromatic rings. The monoisotopic (exact) mass is 984 g/mol. The SMILES string of the molecule is CCCCCCCC/C=C\CCCCCCCC(=O)NCCOP(=O)(O)OC[C@@H](COC(=O)CCCCCCCCCCCCCCCC)OC(=O)CCCCCCCCCCCCCCCC. The summed E-state index contributed by atoms with van der Waals surface area (Å²) in [6.07, 6.45) is 54.2. The van der Waals surface area contributed by atoms with Gasteiger partial charge in [0.1, 0.15) is 6.61 Å². The molecule has 0 aliphatic heterocycles. The summed E-state index contributed by atoms with van der Waals surface area (Å²) in [6.45, 7) is 5.87. The zero-order chi connectivity index (χ0) is 49.7. The van der Waals surface area contributed by atoms with Crippen molar-refractivity contribution in [2.24, 2.45) is 0 Å². The normalized spacial score (nSPS) is 12.9. The molecule has 68 heavy (non-hydrogen) atoms. The number of rotatable bonds is 55. The molecule has 1 unspecified atom stereocenters. The summed E-state index contributed by atoms with van der Waals surface area (Å²) in [5.41, 5.74) is 0. The molecule has 0 rings (SSSR count). The second-order valence-corrected chi connectivity index (χ2v) is 21.2. The molecule has 0 saturated heterocycles. The minimum absolute atomic E-state index is 0.0618. The number of ether oxygens (including phenoxy) is 2. The summed E-state index contributed by atoms with van der Waals surface area (Å²) in [5, 5.41) is 2.74. The molecule has 0 radical (unpaired) electrons. The van der Waals surface area contributed by atoms with Crippen LogP contribution >= 0.6 is 7.82 Å². The van der Waals surface area contributed by atoms with E-state index in [2.05, 4.69) is 38.2 Å². The first-order chi connectivity index (χ1) is 33.2. The van der Waals surface area contributed by atoms with Crippen LogP contribution in [0.2, 0.25) is 0 Å². The number of carbonyl (C=O) groups is 3. The highest BCUT2D eigenvalue weighted by Crippen LogP contribution is 2.43. The maximum Gasteiger partial charge on any atom is 0.472 e. The van der Waals surface area contributed by atoms with Gasteiger partial charge < -0.3 is 19.7 Å². The molecule has 0 aliphatic carbocycles. The van der Waals surface area contributed by atoms with E-state index in [1.165, 1.54) is 186 Å². The molecule has 0 fully saturated rings. The van der Waals surface area contributed by atoms with Crippen LogP contribution in [-0.4, -0.2) is 55.2 Å². The number of hydrogen-bond acceptors (Lipinski definition) is 8. The highest BCUT2D eigenvalue weighted by molar-refractivity contribution is 7.47. The van der Waals surface area contributed by atoms with Gasteiger partial charge in [-0.1, -0.05) is 251 Å². The molecule has 10 nitrogen and oxygen atoms in total. The second kappa shape index (κ2) is 53.1. The molecule has 0 spiro atoms. The molecule has 0 aromatic heterocycles. The lowest BCUT2D eigenvalue weighted by molar-refractivity contribution is -0.161. The Balaban J connectivity index is 4.47. The standard InChI is InChI=1S/C57H110NO9P/c1-4-7-10-13-16-19-22-25-28-29-32-35-38-41-44-47-55(59)58-50-51-65-68(62,63)66-53-54(67-57(61)49-46-43-40-37-34-31-27-24-21-18-15-12-9-6-3)52-64-56(60)48-45-42-39-36-33-30-26-23-20-17-14-11-8-5-2/h25,28,54H,4-24,26-27,29-53H2,1-3H3,(H,58,59)(H,62,63)/b28-25-/t54-/m1/s1. The Bertz CT molecular complexity index is 1180. The lowest BCUT2D eigenvalue weighted by atomic mass is 10.0. The lowest BCUT2D eigenvalue weighted by Gasteiger charge is -2.20. The van der Waals surface area contributed by atoms with Crippen molar-refractivity contribution in [1.29, 1.82) is 0 Å². The van der Waals surface area contributed by atoms with Crippen molar-refractivity contribution in [3.05, 3.63) is 12.2 Å². The number of hydrogen-bond donors (Lipinski definition) is 2. The van der Waals surface area contributed by atoms with E-state index in [9.17, 15) is 23.8 Å². The fourth-order valence-electron chi connectivity index (χ4n) is 8.56. The molecule has 2 atom stereocenters. The van der Waals surface area contributed by atoms with Crippen LogP contribution in [0.1, 0.15) is 303 Å². The largest absolute Gasteiger partial charge is 0.472 e. The third-order valence-electron chi connectivity index (χ3n) is 13.0. The van der Waals surface area contributed by atoms with E-state index < -0.39 is 32.5 Å². The van der Waals surface area contributed by atoms with Gasteiger partial charge in [-0.2, -0.15) is 0 Å². The fraction of sp³-hybridized carbons (Fsp3) is 0.912. The van der Waals surface area contributed by atoms with E-state index in [0.29, 0.717) is 12.8 Å². The van der Waals surface area contributed by atoms with Crippen LogP contribution in [0.4, 0.5) is 0 Å².